The molecule has 3 aliphatic heterocycles. The van der Waals surface area contributed by atoms with Crippen LogP contribution in [0.2, 0.25) is 0 Å². The molecule has 3 saturated heterocycles. The van der Waals surface area contributed by atoms with Crippen LogP contribution in [0.25, 0.3) is 10.9 Å². The average Bonchev–Trinajstić information content (AvgIpc) is 1.20. The van der Waals surface area contributed by atoms with Crippen molar-refractivity contribution in [3.63, 3.8) is 0 Å². The van der Waals surface area contributed by atoms with Crippen LogP contribution < -0.4 is 26.0 Å². The number of halogens is 2. The van der Waals surface area contributed by atoms with E-state index in [9.17, 15) is 72.0 Å². The van der Waals surface area contributed by atoms with Crippen LogP contribution in [0.3, 0.4) is 0 Å². The Morgan fingerprint density at radius 2 is 1.34 bits per heavy atom. The van der Waals surface area contributed by atoms with Crippen LogP contribution in [0.15, 0.2) is 59.7 Å². The first kappa shape index (κ1) is 74.8. The molecule has 94 heavy (non-hydrogen) atoms. The van der Waals surface area contributed by atoms with Crippen molar-refractivity contribution in [2.75, 3.05) is 132 Å². The van der Waals surface area contributed by atoms with Crippen molar-refractivity contribution in [1.82, 2.24) is 55.7 Å². The number of aliphatic imine (C=N–C) groups is 1. The number of nitrogens with zero attached hydrogens (tertiary/aromatic N) is 8. The van der Waals surface area contributed by atoms with Crippen molar-refractivity contribution in [2.24, 2.45) is 10.9 Å². The molecule has 4 heterocycles. The Bertz CT molecular complexity index is 3050. The average molecular weight is 1320 g/mol. The Morgan fingerprint density at radius 1 is 0.723 bits per heavy atom. The largest absolute Gasteiger partial charge is 0.494 e. The molecule has 6 rings (SSSR count). The lowest BCUT2D eigenvalue weighted by Gasteiger charge is -2.35. The highest BCUT2D eigenvalue weighted by Crippen LogP contribution is 2.32. The molecule has 3 aromatic rings. The van der Waals surface area contributed by atoms with Gasteiger partial charge in [-0.3, -0.25) is 77.5 Å². The second-order valence-electron chi connectivity index (χ2n) is 24.3. The van der Waals surface area contributed by atoms with Crippen LogP contribution in [0.5, 0.6) is 5.75 Å². The first-order valence-electron chi connectivity index (χ1n) is 32.2. The molecule has 0 saturated carbocycles. The molecule has 27 nitrogen and oxygen atoms in total. The SMILES string of the molecule is C/N=C/[C@H]1CC(F)(F)CN1C(=O)CNC(=O)c1ccnc2ccc(OCCCCC3CCN(C(=O)[C@H](CC(=O)OC)NC(=O)[C@H](CCCCNC(=O)CCCc4ccc(C)cc4)NC(=O)CN4CCN(CC(=O)O)CCN(CC(=O)O)CCN(CC(=O)O)CC4)CC3)cc12. The molecule has 0 radical (unpaired) electrons. The number of pyridine rings is 1. The van der Waals surface area contributed by atoms with Crippen LogP contribution >= 0.6 is 0 Å². The molecule has 516 valence electrons. The lowest BCUT2D eigenvalue weighted by atomic mass is 9.91. The van der Waals surface area contributed by atoms with E-state index in [1.165, 1.54) is 25.5 Å². The Labute approximate surface area is 546 Å². The Morgan fingerprint density at radius 3 is 1.94 bits per heavy atom. The minimum absolute atomic E-state index is 0.0673. The Hall–Kier alpha value is -8.28. The van der Waals surface area contributed by atoms with Crippen LogP contribution in [-0.4, -0.2) is 271 Å². The van der Waals surface area contributed by atoms with Gasteiger partial charge in [0.1, 0.15) is 17.8 Å². The molecule has 7 N–H and O–H groups in total. The molecule has 0 bridgehead atoms. The second kappa shape index (κ2) is 38.2. The smallest absolute Gasteiger partial charge is 0.317 e. The molecule has 1 aromatic heterocycles. The number of hydrogen-bond acceptors (Lipinski definition) is 18. The number of likely N-dealkylation sites (tertiary alicyclic amines) is 2. The van der Waals surface area contributed by atoms with E-state index < -0.39 is 103 Å². The predicted octanol–water partition coefficient (Wildman–Crippen LogP) is 2.32. The molecular weight excluding hydrogens is 1230 g/mol. The van der Waals surface area contributed by atoms with Gasteiger partial charge in [0.2, 0.25) is 29.5 Å². The number of ether oxygens (including phenoxy) is 2. The van der Waals surface area contributed by atoms with Gasteiger partial charge in [-0.25, -0.2) is 8.78 Å². The van der Waals surface area contributed by atoms with E-state index in [4.69, 9.17) is 9.47 Å². The van der Waals surface area contributed by atoms with Crippen molar-refractivity contribution >= 4 is 76.4 Å². The normalized spacial score (nSPS) is 17.9. The summed E-state index contributed by atoms with van der Waals surface area (Å²) in [5.41, 5.74) is 2.99. The van der Waals surface area contributed by atoms with Crippen molar-refractivity contribution in [2.45, 2.75) is 114 Å². The van der Waals surface area contributed by atoms with Crippen molar-refractivity contribution in [3.05, 3.63) is 71.4 Å². The number of fused-ring (bicyclic) bond motifs is 1. The number of alkyl halides is 2. The maximum atomic E-state index is 14.5. The van der Waals surface area contributed by atoms with Gasteiger partial charge in [-0.1, -0.05) is 36.2 Å². The number of methoxy groups -OCH3 is 1. The highest BCUT2D eigenvalue weighted by Gasteiger charge is 2.46. The fourth-order valence-corrected chi connectivity index (χ4v) is 11.8. The van der Waals surface area contributed by atoms with E-state index in [0.717, 1.165) is 42.4 Å². The number of aryl methyl sites for hydroxylation is 2. The molecule has 3 atom stereocenters. The lowest BCUT2D eigenvalue weighted by Crippen LogP contribution is -2.57. The first-order chi connectivity index (χ1) is 45.0. The number of carboxylic acid groups (broad SMARTS) is 3. The fraction of sp³-hybridized carbons (Fsp3) is 0.600. The minimum Gasteiger partial charge on any atom is -0.494 e. The zero-order valence-electron chi connectivity index (χ0n) is 54.1. The van der Waals surface area contributed by atoms with E-state index in [-0.39, 0.29) is 109 Å². The number of aromatic nitrogens is 1. The molecule has 3 aliphatic rings. The highest BCUT2D eigenvalue weighted by molar-refractivity contribution is 6.07. The van der Waals surface area contributed by atoms with E-state index in [1.807, 2.05) is 31.2 Å². The van der Waals surface area contributed by atoms with E-state index in [2.05, 4.69) is 31.2 Å². The number of carbonyl (C=O) groups is 10. The third-order valence-corrected chi connectivity index (χ3v) is 17.0. The number of unbranched alkanes of at least 4 members (excludes halogenated alkanes) is 2. The van der Waals surface area contributed by atoms with Gasteiger partial charge in [-0.05, 0) is 100 Å². The van der Waals surface area contributed by atoms with Gasteiger partial charge < -0.3 is 55.9 Å². The molecule has 6 amide bonds. The number of carboxylic acids is 3. The van der Waals surface area contributed by atoms with Gasteiger partial charge >= 0.3 is 23.9 Å². The molecule has 2 aromatic carbocycles. The van der Waals surface area contributed by atoms with Crippen molar-refractivity contribution < 1.29 is 81.5 Å². The van der Waals surface area contributed by atoms with Crippen LogP contribution in [-0.2, 0) is 54.3 Å². The second-order valence-corrected chi connectivity index (χ2v) is 24.3. The molecule has 0 aliphatic carbocycles. The molecule has 0 unspecified atom stereocenters. The summed E-state index contributed by atoms with van der Waals surface area (Å²) >= 11 is 0. The summed E-state index contributed by atoms with van der Waals surface area (Å²) < 4.78 is 39.4. The van der Waals surface area contributed by atoms with Gasteiger partial charge in [0.25, 0.3) is 11.8 Å². The topological polar surface area (TPSA) is 343 Å². The summed E-state index contributed by atoms with van der Waals surface area (Å²) in [6.45, 7) is 1.96. The third-order valence-electron chi connectivity index (χ3n) is 17.0. The summed E-state index contributed by atoms with van der Waals surface area (Å²) in [5, 5.41) is 40.5. The summed E-state index contributed by atoms with van der Waals surface area (Å²) in [7, 11) is 2.60. The van der Waals surface area contributed by atoms with Gasteiger partial charge in [0.15, 0.2) is 0 Å². The maximum absolute atomic E-state index is 14.5. The monoisotopic (exact) mass is 1320 g/mol. The summed E-state index contributed by atoms with van der Waals surface area (Å²) in [6, 6.07) is 11.3. The lowest BCUT2D eigenvalue weighted by molar-refractivity contribution is -0.147. The number of hydrogen-bond donors (Lipinski definition) is 7. The quantitative estimate of drug-likeness (QED) is 0.0261. The molecule has 3 fully saturated rings. The predicted molar refractivity (Wildman–Crippen MR) is 342 cm³/mol. The number of esters is 1. The fourth-order valence-electron chi connectivity index (χ4n) is 11.8. The number of aliphatic carboxylic acids is 3. The Kier molecular flexibility index (Phi) is 30.4. The molecular formula is C65H92F2N12O15. The number of nitrogens with one attached hydrogen (secondary N) is 4. The van der Waals surface area contributed by atoms with Crippen molar-refractivity contribution in [3.8, 4) is 5.75 Å². The summed E-state index contributed by atoms with van der Waals surface area (Å²) in [5.74, 6) is -9.65. The Balaban J connectivity index is 1.04. The number of carbonyl (C=O) groups excluding carboxylic acids is 7. The van der Waals surface area contributed by atoms with E-state index in [1.54, 1.807) is 42.7 Å². The molecule has 0 spiro atoms. The van der Waals surface area contributed by atoms with Crippen LogP contribution in [0, 0.1) is 12.8 Å². The standard InChI is InChI=1S/C65H92F2N12O15/c1-45-13-15-46(16-14-45)10-8-12-55(80)70-22-6-4-11-53(72-56(81)40-74-26-28-75(41-58(83)84)30-32-77(43-60(87)88)33-31-76(29-27-74)42-59(85)86)63(91)73-54(36-61(89)93-3)64(92)78-24-20-47(21-25-78)9-5-7-34-94-49-17-18-52-51(35-49)50(19-23-69-52)62(90)71-39-57(82)79-44-65(66,67)37-48(79)38-68-2/h13-19,23,35,38,47-48,53-54H,4-12,20-22,24-34,36-37,39-44H2,1-3H3,(H,70,80)(H,71,90)(H,72,81)(H,73,91)(H,83,84)(H,85,86)(H,87,88)/b68-38+/t48-,53+,54+/m1/s1. The van der Waals surface area contributed by atoms with E-state index in [0.29, 0.717) is 81.3 Å². The van der Waals surface area contributed by atoms with Gasteiger partial charge in [-0.15, -0.1) is 0 Å². The van der Waals surface area contributed by atoms with Gasteiger partial charge in [0.05, 0.1) is 76.5 Å². The minimum atomic E-state index is -3.07. The molecule has 29 heteroatoms. The number of rotatable bonds is 33. The maximum Gasteiger partial charge on any atom is 0.317 e. The third kappa shape index (κ3) is 25.9. The van der Waals surface area contributed by atoms with Crippen molar-refractivity contribution in [1.29, 1.82) is 0 Å². The number of piperidine rings is 1. The van der Waals surface area contributed by atoms with Gasteiger partial charge in [0, 0.05) is 110 Å². The summed E-state index contributed by atoms with van der Waals surface area (Å²) in [6.07, 6.45) is 7.80. The highest BCUT2D eigenvalue weighted by atomic mass is 19.3. The zero-order chi connectivity index (χ0) is 68.2. The number of amides is 6. The van der Waals surface area contributed by atoms with Crippen LogP contribution in [0.1, 0.15) is 98.5 Å². The van der Waals surface area contributed by atoms with Crippen LogP contribution in [0.4, 0.5) is 8.78 Å². The summed E-state index contributed by atoms with van der Waals surface area (Å²) in [4.78, 5) is 148. The first-order valence-corrected chi connectivity index (χ1v) is 32.2. The van der Waals surface area contributed by atoms with Gasteiger partial charge in [-0.2, -0.15) is 0 Å². The zero-order valence-corrected chi connectivity index (χ0v) is 54.1. The number of benzene rings is 2. The van der Waals surface area contributed by atoms with E-state index >= 15 is 0 Å².